The van der Waals surface area contributed by atoms with Gasteiger partial charge in [-0.3, -0.25) is 9.88 Å². The average molecular weight is 296 g/mol. The van der Waals surface area contributed by atoms with Gasteiger partial charge >= 0.3 is 0 Å². The van der Waals surface area contributed by atoms with E-state index in [1.54, 1.807) is 6.20 Å². The summed E-state index contributed by atoms with van der Waals surface area (Å²) in [5, 5.41) is 0.756. The number of rotatable bonds is 2. The number of hydrogen-bond acceptors (Lipinski definition) is 4. The Morgan fingerprint density at radius 1 is 1.30 bits per heavy atom. The molecular weight excluding hydrogens is 274 g/mol. The summed E-state index contributed by atoms with van der Waals surface area (Å²) < 4.78 is 5.63. The summed E-state index contributed by atoms with van der Waals surface area (Å²) in [5.74, 6) is 0. The van der Waals surface area contributed by atoms with Crippen molar-refractivity contribution in [3.63, 3.8) is 0 Å². The zero-order chi connectivity index (χ0) is 13.9. The maximum absolute atomic E-state index is 6.23. The Bertz CT molecular complexity index is 448. The molecule has 110 valence electrons. The van der Waals surface area contributed by atoms with Crippen molar-refractivity contribution in [2.75, 3.05) is 37.7 Å². The van der Waals surface area contributed by atoms with E-state index in [-0.39, 0.29) is 0 Å². The Morgan fingerprint density at radius 3 is 2.80 bits per heavy atom. The predicted octanol–water partition coefficient (Wildman–Crippen LogP) is 2.42. The monoisotopic (exact) mass is 295 g/mol. The normalized spacial score (nSPS) is 25.9. The van der Waals surface area contributed by atoms with Gasteiger partial charge in [0, 0.05) is 44.6 Å². The van der Waals surface area contributed by atoms with Crippen molar-refractivity contribution in [3.8, 4) is 0 Å². The molecule has 1 aromatic heterocycles. The van der Waals surface area contributed by atoms with Crippen LogP contribution >= 0.6 is 11.6 Å². The second-order valence-electron chi connectivity index (χ2n) is 5.72. The average Bonchev–Trinajstić information content (AvgIpc) is 2.48. The Morgan fingerprint density at radius 2 is 2.10 bits per heavy atom. The molecule has 0 aliphatic carbocycles. The third-order valence-corrected chi connectivity index (χ3v) is 4.64. The van der Waals surface area contributed by atoms with E-state index in [0.29, 0.717) is 12.1 Å². The highest BCUT2D eigenvalue weighted by molar-refractivity contribution is 6.33. The smallest absolute Gasteiger partial charge is 0.0822 e. The van der Waals surface area contributed by atoms with Crippen LogP contribution in [0.2, 0.25) is 5.02 Å². The van der Waals surface area contributed by atoms with Gasteiger partial charge in [0.15, 0.2) is 0 Å². The minimum absolute atomic E-state index is 0.372. The van der Waals surface area contributed by atoms with E-state index >= 15 is 0 Å². The molecule has 4 nitrogen and oxygen atoms in total. The highest BCUT2D eigenvalue weighted by atomic mass is 35.5. The molecule has 0 aromatic carbocycles. The zero-order valence-electron chi connectivity index (χ0n) is 12.0. The number of halogens is 1. The van der Waals surface area contributed by atoms with Gasteiger partial charge in [-0.15, -0.1) is 0 Å². The van der Waals surface area contributed by atoms with E-state index in [9.17, 15) is 0 Å². The fourth-order valence-electron chi connectivity index (χ4n) is 3.27. The second kappa shape index (κ2) is 6.29. The van der Waals surface area contributed by atoms with Crippen LogP contribution in [-0.2, 0) is 4.74 Å². The molecule has 1 atom stereocenters. The molecule has 0 spiro atoms. The first kappa shape index (κ1) is 14.1. The van der Waals surface area contributed by atoms with Crippen molar-refractivity contribution in [1.29, 1.82) is 0 Å². The van der Waals surface area contributed by atoms with E-state index < -0.39 is 0 Å². The number of morpholine rings is 1. The van der Waals surface area contributed by atoms with Gasteiger partial charge < -0.3 is 9.64 Å². The number of piperidine rings is 1. The summed E-state index contributed by atoms with van der Waals surface area (Å²) in [4.78, 5) is 9.03. The van der Waals surface area contributed by atoms with Crippen molar-refractivity contribution in [2.24, 2.45) is 0 Å². The molecule has 5 heteroatoms. The summed E-state index contributed by atoms with van der Waals surface area (Å²) >= 11 is 6.23. The van der Waals surface area contributed by atoms with Gasteiger partial charge in [0.25, 0.3) is 0 Å². The fraction of sp³-hybridized carbons (Fsp3) is 0.667. The lowest BCUT2D eigenvalue weighted by atomic mass is 10.0. The van der Waals surface area contributed by atoms with Gasteiger partial charge in [-0.2, -0.15) is 0 Å². The van der Waals surface area contributed by atoms with Gasteiger partial charge in [0.2, 0.25) is 0 Å². The summed E-state index contributed by atoms with van der Waals surface area (Å²) in [6, 6.07) is 2.71. The predicted molar refractivity (Wildman–Crippen MR) is 81.5 cm³/mol. The second-order valence-corrected chi connectivity index (χ2v) is 6.13. The quantitative estimate of drug-likeness (QED) is 0.838. The lowest BCUT2D eigenvalue weighted by molar-refractivity contribution is -0.0373. The van der Waals surface area contributed by atoms with Crippen molar-refractivity contribution in [2.45, 2.75) is 31.9 Å². The standard InChI is InChI=1S/C15H22ClN3O/c1-12-11-19(8-9-20-12)13-3-6-18(7-4-13)15-2-5-17-10-14(15)16/h2,5,10,12-13H,3-4,6-9,11H2,1H3. The molecule has 2 saturated heterocycles. The summed E-state index contributed by atoms with van der Waals surface area (Å²) in [5.41, 5.74) is 1.12. The molecule has 0 amide bonds. The van der Waals surface area contributed by atoms with Gasteiger partial charge in [-0.05, 0) is 25.8 Å². The van der Waals surface area contributed by atoms with Crippen LogP contribution in [0, 0.1) is 0 Å². The molecule has 0 N–H and O–H groups in total. The minimum atomic E-state index is 0.372. The van der Waals surface area contributed by atoms with Crippen molar-refractivity contribution >= 4 is 17.3 Å². The lowest BCUT2D eigenvalue weighted by Gasteiger charge is -2.42. The summed E-state index contributed by atoms with van der Waals surface area (Å²) in [7, 11) is 0. The van der Waals surface area contributed by atoms with Crippen LogP contribution in [-0.4, -0.2) is 54.8 Å². The van der Waals surface area contributed by atoms with Gasteiger partial charge in [-0.25, -0.2) is 0 Å². The minimum Gasteiger partial charge on any atom is -0.376 e. The van der Waals surface area contributed by atoms with Crippen LogP contribution in [0.4, 0.5) is 5.69 Å². The van der Waals surface area contributed by atoms with E-state index in [1.807, 2.05) is 12.3 Å². The van der Waals surface area contributed by atoms with Crippen LogP contribution in [0.5, 0.6) is 0 Å². The van der Waals surface area contributed by atoms with Crippen LogP contribution in [0.25, 0.3) is 0 Å². The number of aromatic nitrogens is 1. The Balaban J connectivity index is 1.58. The molecule has 1 aromatic rings. The molecule has 20 heavy (non-hydrogen) atoms. The number of hydrogen-bond donors (Lipinski definition) is 0. The third-order valence-electron chi connectivity index (χ3n) is 4.35. The SMILES string of the molecule is CC1CN(C2CCN(c3ccncc3Cl)CC2)CCO1. The third kappa shape index (κ3) is 3.08. The number of nitrogens with zero attached hydrogens (tertiary/aromatic N) is 3. The summed E-state index contributed by atoms with van der Waals surface area (Å²) in [6.45, 7) is 7.32. The first-order valence-corrected chi connectivity index (χ1v) is 7.82. The van der Waals surface area contributed by atoms with Crippen molar-refractivity contribution < 1.29 is 4.74 Å². The van der Waals surface area contributed by atoms with Gasteiger partial charge in [0.05, 0.1) is 23.4 Å². The maximum Gasteiger partial charge on any atom is 0.0822 e. The Kier molecular flexibility index (Phi) is 4.44. The molecule has 2 aliphatic heterocycles. The first-order chi connectivity index (χ1) is 9.74. The number of anilines is 1. The van der Waals surface area contributed by atoms with Crippen LogP contribution in [0.1, 0.15) is 19.8 Å². The topological polar surface area (TPSA) is 28.6 Å². The van der Waals surface area contributed by atoms with E-state index in [1.165, 1.54) is 12.8 Å². The maximum atomic E-state index is 6.23. The van der Waals surface area contributed by atoms with Crippen LogP contribution in [0.3, 0.4) is 0 Å². The molecule has 0 radical (unpaired) electrons. The van der Waals surface area contributed by atoms with Crippen LogP contribution in [0.15, 0.2) is 18.5 Å². The largest absolute Gasteiger partial charge is 0.376 e. The lowest BCUT2D eigenvalue weighted by Crippen LogP contribution is -2.51. The summed E-state index contributed by atoms with van der Waals surface area (Å²) in [6.07, 6.45) is 6.32. The van der Waals surface area contributed by atoms with Crippen molar-refractivity contribution in [3.05, 3.63) is 23.5 Å². The first-order valence-electron chi connectivity index (χ1n) is 7.44. The molecule has 0 bridgehead atoms. The Labute approximate surface area is 125 Å². The highest BCUT2D eigenvalue weighted by Gasteiger charge is 2.28. The zero-order valence-corrected chi connectivity index (χ0v) is 12.7. The van der Waals surface area contributed by atoms with Gasteiger partial charge in [-0.1, -0.05) is 11.6 Å². The molecule has 3 heterocycles. The molecule has 2 aliphatic rings. The fourth-order valence-corrected chi connectivity index (χ4v) is 3.51. The number of pyridine rings is 1. The van der Waals surface area contributed by atoms with E-state index in [4.69, 9.17) is 16.3 Å². The van der Waals surface area contributed by atoms with Crippen LogP contribution < -0.4 is 4.90 Å². The van der Waals surface area contributed by atoms with E-state index in [2.05, 4.69) is 21.7 Å². The molecule has 2 fully saturated rings. The van der Waals surface area contributed by atoms with E-state index in [0.717, 1.165) is 43.5 Å². The van der Waals surface area contributed by atoms with Crippen molar-refractivity contribution in [1.82, 2.24) is 9.88 Å². The Hall–Kier alpha value is -0.840. The molecular formula is C15H22ClN3O. The molecule has 0 saturated carbocycles. The molecule has 1 unspecified atom stereocenters. The molecule has 3 rings (SSSR count). The van der Waals surface area contributed by atoms with Gasteiger partial charge in [0.1, 0.15) is 0 Å². The highest BCUT2D eigenvalue weighted by Crippen LogP contribution is 2.28. The number of ether oxygens (including phenoxy) is 1.